The Kier molecular flexibility index (Phi) is 5.67. The van der Waals surface area contributed by atoms with Crippen molar-refractivity contribution in [2.45, 2.75) is 19.8 Å². The monoisotopic (exact) mass is 399 g/mol. The van der Waals surface area contributed by atoms with Crippen molar-refractivity contribution in [1.82, 2.24) is 14.9 Å². The zero-order valence-electron chi connectivity index (χ0n) is 16.2. The Morgan fingerprint density at radius 1 is 1.00 bits per heavy atom. The van der Waals surface area contributed by atoms with Crippen molar-refractivity contribution < 1.29 is 4.79 Å². The first-order valence-electron chi connectivity index (χ1n) is 9.97. The standard InChI is InChI=1S/C21H26ClN5O/c1-16-5-7-26(8-6-16)20(28)17-14-23-21(24-15-17)27-11-9-25(10-12-27)19-4-2-3-18(22)13-19/h2-4,13-16H,5-12H2,1H3. The molecule has 2 fully saturated rings. The molecule has 2 aliphatic heterocycles. The molecule has 0 atom stereocenters. The number of nitrogens with zero attached hydrogens (tertiary/aromatic N) is 5. The smallest absolute Gasteiger partial charge is 0.256 e. The number of carbonyl (C=O) groups is 1. The van der Waals surface area contributed by atoms with Gasteiger partial charge in [-0.1, -0.05) is 24.6 Å². The molecule has 0 aliphatic carbocycles. The Bertz CT molecular complexity index is 812. The third kappa shape index (κ3) is 4.22. The van der Waals surface area contributed by atoms with Gasteiger partial charge in [-0.3, -0.25) is 4.79 Å². The fraction of sp³-hybridized carbons (Fsp3) is 0.476. The molecule has 7 heteroatoms. The van der Waals surface area contributed by atoms with Crippen LogP contribution in [0.5, 0.6) is 0 Å². The second kappa shape index (κ2) is 8.35. The molecule has 2 aromatic rings. The average Bonchev–Trinajstić information content (AvgIpc) is 2.74. The Morgan fingerprint density at radius 3 is 2.29 bits per heavy atom. The van der Waals surface area contributed by atoms with Gasteiger partial charge in [0, 0.05) is 62.4 Å². The third-order valence-electron chi connectivity index (χ3n) is 5.69. The number of likely N-dealkylation sites (tertiary alicyclic amines) is 1. The molecule has 0 spiro atoms. The molecule has 3 heterocycles. The molecule has 1 amide bonds. The van der Waals surface area contributed by atoms with Gasteiger partial charge >= 0.3 is 0 Å². The largest absolute Gasteiger partial charge is 0.368 e. The van der Waals surface area contributed by atoms with Crippen molar-refractivity contribution in [2.24, 2.45) is 5.92 Å². The molecule has 0 radical (unpaired) electrons. The number of piperazine rings is 1. The number of amides is 1. The molecule has 148 valence electrons. The lowest BCUT2D eigenvalue weighted by atomic mass is 9.99. The maximum Gasteiger partial charge on any atom is 0.256 e. The van der Waals surface area contributed by atoms with Crippen LogP contribution in [0.25, 0.3) is 0 Å². The number of benzene rings is 1. The van der Waals surface area contributed by atoms with E-state index in [1.807, 2.05) is 23.1 Å². The second-order valence-corrected chi connectivity index (χ2v) is 8.14. The Balaban J connectivity index is 1.35. The number of anilines is 2. The second-order valence-electron chi connectivity index (χ2n) is 7.70. The van der Waals surface area contributed by atoms with Crippen molar-refractivity contribution in [3.05, 3.63) is 47.2 Å². The van der Waals surface area contributed by atoms with Gasteiger partial charge in [0.2, 0.25) is 5.95 Å². The molecule has 0 N–H and O–H groups in total. The van der Waals surface area contributed by atoms with E-state index in [0.717, 1.165) is 62.8 Å². The molecule has 1 aromatic heterocycles. The van der Waals surface area contributed by atoms with Crippen LogP contribution in [0.15, 0.2) is 36.7 Å². The molecule has 28 heavy (non-hydrogen) atoms. The summed E-state index contributed by atoms with van der Waals surface area (Å²) in [7, 11) is 0. The number of halogens is 1. The van der Waals surface area contributed by atoms with E-state index in [1.165, 1.54) is 0 Å². The molecular weight excluding hydrogens is 374 g/mol. The van der Waals surface area contributed by atoms with E-state index in [4.69, 9.17) is 11.6 Å². The van der Waals surface area contributed by atoms with Crippen molar-refractivity contribution in [1.29, 1.82) is 0 Å². The van der Waals surface area contributed by atoms with E-state index >= 15 is 0 Å². The molecule has 4 rings (SSSR count). The van der Waals surface area contributed by atoms with Gasteiger partial charge in [-0.2, -0.15) is 0 Å². The quantitative estimate of drug-likeness (QED) is 0.792. The SMILES string of the molecule is CC1CCN(C(=O)c2cnc(N3CCN(c4cccc(Cl)c4)CC3)nc2)CC1. The number of carbonyl (C=O) groups excluding carboxylic acids is 1. The van der Waals surface area contributed by atoms with Crippen LogP contribution in [0.2, 0.25) is 5.02 Å². The van der Waals surface area contributed by atoms with E-state index < -0.39 is 0 Å². The van der Waals surface area contributed by atoms with Crippen LogP contribution in [0.4, 0.5) is 11.6 Å². The van der Waals surface area contributed by atoms with Gasteiger partial charge in [-0.15, -0.1) is 0 Å². The fourth-order valence-corrected chi connectivity index (χ4v) is 4.01. The predicted octanol–water partition coefficient (Wildman–Crippen LogP) is 3.33. The predicted molar refractivity (Wildman–Crippen MR) is 112 cm³/mol. The molecule has 6 nitrogen and oxygen atoms in total. The number of aromatic nitrogens is 2. The number of piperidine rings is 1. The summed E-state index contributed by atoms with van der Waals surface area (Å²) in [6, 6.07) is 7.95. The van der Waals surface area contributed by atoms with E-state index in [-0.39, 0.29) is 5.91 Å². The van der Waals surface area contributed by atoms with Crippen LogP contribution >= 0.6 is 11.6 Å². The van der Waals surface area contributed by atoms with Crippen molar-refractivity contribution in [3.63, 3.8) is 0 Å². The summed E-state index contributed by atoms with van der Waals surface area (Å²) in [6.07, 6.45) is 5.49. The maximum atomic E-state index is 12.6. The lowest BCUT2D eigenvalue weighted by Gasteiger charge is -2.36. The van der Waals surface area contributed by atoms with E-state index in [9.17, 15) is 4.79 Å². The van der Waals surface area contributed by atoms with Gasteiger partial charge < -0.3 is 14.7 Å². The summed E-state index contributed by atoms with van der Waals surface area (Å²) in [4.78, 5) is 28.0. The summed E-state index contributed by atoms with van der Waals surface area (Å²) in [6.45, 7) is 7.34. The summed E-state index contributed by atoms with van der Waals surface area (Å²) in [5.74, 6) is 1.44. The highest BCUT2D eigenvalue weighted by Gasteiger charge is 2.23. The van der Waals surface area contributed by atoms with E-state index in [2.05, 4.69) is 32.8 Å². The normalized spacial score (nSPS) is 18.4. The van der Waals surface area contributed by atoms with Crippen molar-refractivity contribution in [3.8, 4) is 0 Å². The average molecular weight is 400 g/mol. The van der Waals surface area contributed by atoms with Gasteiger partial charge in [-0.05, 0) is 37.0 Å². The third-order valence-corrected chi connectivity index (χ3v) is 5.93. The summed E-state index contributed by atoms with van der Waals surface area (Å²) >= 11 is 6.10. The number of hydrogen-bond donors (Lipinski definition) is 0. The van der Waals surface area contributed by atoms with Gasteiger partial charge in [0.1, 0.15) is 0 Å². The minimum atomic E-state index is 0.0456. The fourth-order valence-electron chi connectivity index (χ4n) is 3.83. The van der Waals surface area contributed by atoms with Crippen LogP contribution in [0.1, 0.15) is 30.1 Å². The highest BCUT2D eigenvalue weighted by atomic mass is 35.5. The maximum absolute atomic E-state index is 12.6. The van der Waals surface area contributed by atoms with E-state index in [1.54, 1.807) is 12.4 Å². The van der Waals surface area contributed by atoms with Gasteiger partial charge in [-0.25, -0.2) is 9.97 Å². The molecular formula is C21H26ClN5O. The summed E-state index contributed by atoms with van der Waals surface area (Å²) in [5.41, 5.74) is 1.72. The highest BCUT2D eigenvalue weighted by Crippen LogP contribution is 2.22. The van der Waals surface area contributed by atoms with Crippen molar-refractivity contribution in [2.75, 3.05) is 49.1 Å². The van der Waals surface area contributed by atoms with Crippen LogP contribution < -0.4 is 9.80 Å². The Labute approximate surface area is 171 Å². The van der Waals surface area contributed by atoms with Crippen LogP contribution in [-0.2, 0) is 0 Å². The van der Waals surface area contributed by atoms with Crippen LogP contribution in [0, 0.1) is 5.92 Å². The van der Waals surface area contributed by atoms with Crippen LogP contribution in [-0.4, -0.2) is 60.0 Å². The minimum absolute atomic E-state index is 0.0456. The van der Waals surface area contributed by atoms with Gasteiger partial charge in [0.15, 0.2) is 0 Å². The molecule has 1 aromatic carbocycles. The van der Waals surface area contributed by atoms with Crippen molar-refractivity contribution >= 4 is 29.1 Å². The topological polar surface area (TPSA) is 52.6 Å². The first kappa shape index (κ1) is 19.0. The summed E-state index contributed by atoms with van der Waals surface area (Å²) < 4.78 is 0. The van der Waals surface area contributed by atoms with Crippen LogP contribution in [0.3, 0.4) is 0 Å². The first-order chi connectivity index (χ1) is 13.6. The van der Waals surface area contributed by atoms with Gasteiger partial charge in [0.05, 0.1) is 5.56 Å². The lowest BCUT2D eigenvalue weighted by molar-refractivity contribution is 0.0696. The highest BCUT2D eigenvalue weighted by molar-refractivity contribution is 6.30. The lowest BCUT2D eigenvalue weighted by Crippen LogP contribution is -2.47. The Morgan fingerprint density at radius 2 is 1.64 bits per heavy atom. The number of rotatable bonds is 3. The molecule has 2 saturated heterocycles. The molecule has 0 unspecified atom stereocenters. The molecule has 0 bridgehead atoms. The zero-order valence-corrected chi connectivity index (χ0v) is 17.0. The zero-order chi connectivity index (χ0) is 19.5. The summed E-state index contributed by atoms with van der Waals surface area (Å²) in [5, 5.41) is 0.756. The first-order valence-corrected chi connectivity index (χ1v) is 10.3. The molecule has 0 saturated carbocycles. The Hall–Kier alpha value is -2.34. The minimum Gasteiger partial charge on any atom is -0.368 e. The van der Waals surface area contributed by atoms with Gasteiger partial charge in [0.25, 0.3) is 5.91 Å². The molecule has 2 aliphatic rings. The number of hydrogen-bond acceptors (Lipinski definition) is 5. The van der Waals surface area contributed by atoms with E-state index in [0.29, 0.717) is 17.4 Å².